The lowest BCUT2D eigenvalue weighted by atomic mass is 10.1. The first-order chi connectivity index (χ1) is 22.2. The monoisotopic (exact) mass is 716 g/mol. The molecule has 1 aliphatic heterocycles. The number of thioether (sulfide) groups is 3. The van der Waals surface area contributed by atoms with Crippen LogP contribution < -0.4 is 5.73 Å². The number of amidine groups is 1. The third-order valence-corrected chi connectivity index (χ3v) is 10.3. The van der Waals surface area contributed by atoms with Crippen LogP contribution >= 0.6 is 58.5 Å². The van der Waals surface area contributed by atoms with Crippen LogP contribution in [0, 0.1) is 33.1 Å². The first-order valence-electron chi connectivity index (χ1n) is 15.1. The molecule has 3 N–H and O–H groups in total. The fourth-order valence-electron chi connectivity index (χ4n) is 3.76. The summed E-state index contributed by atoms with van der Waals surface area (Å²) >= 11 is 16.4. The number of nitrogens with one attached hydrogen (secondary N) is 1. The number of halogens is 2. The Morgan fingerprint density at radius 3 is 1.72 bits per heavy atom. The third kappa shape index (κ3) is 18.1. The molecule has 1 fully saturated rings. The molecule has 0 bridgehead atoms. The minimum Gasteiger partial charge on any atom is -0.379 e. The van der Waals surface area contributed by atoms with Gasteiger partial charge in [-0.1, -0.05) is 36.0 Å². The lowest BCUT2D eigenvalue weighted by molar-refractivity contribution is 0.824. The van der Waals surface area contributed by atoms with Crippen molar-refractivity contribution in [1.29, 1.82) is 5.41 Å². The van der Waals surface area contributed by atoms with Crippen molar-refractivity contribution in [2.45, 2.75) is 69.6 Å². The summed E-state index contributed by atoms with van der Waals surface area (Å²) in [6, 6.07) is 16.4. The highest BCUT2D eigenvalue weighted by molar-refractivity contribution is 8.13. The first-order valence-corrected chi connectivity index (χ1v) is 19.4. The second-order valence-electron chi connectivity index (χ2n) is 10.5. The van der Waals surface area contributed by atoms with Crippen LogP contribution in [-0.2, 0) is 17.4 Å². The molecule has 1 unspecified atom stereocenters. The summed E-state index contributed by atoms with van der Waals surface area (Å²) in [7, 11) is 0. The van der Waals surface area contributed by atoms with Crippen molar-refractivity contribution in [2.24, 2.45) is 5.73 Å². The van der Waals surface area contributed by atoms with Gasteiger partial charge in [0.15, 0.2) is 5.17 Å². The predicted octanol–water partition coefficient (Wildman–Crippen LogP) is 9.86. The lowest BCUT2D eigenvalue weighted by Crippen LogP contribution is -2.03. The first kappa shape index (κ1) is 39.9. The Morgan fingerprint density at radius 2 is 1.30 bits per heavy atom. The molecule has 1 saturated heterocycles. The maximum absolute atomic E-state index is 7.01. The molecule has 5 rings (SSSR count). The number of hydrogen-bond acceptors (Lipinski definition) is 8. The summed E-state index contributed by atoms with van der Waals surface area (Å²) in [4.78, 5) is 16.7. The molecule has 4 aromatic rings. The molecule has 46 heavy (non-hydrogen) atoms. The molecule has 6 nitrogen and oxygen atoms in total. The van der Waals surface area contributed by atoms with Gasteiger partial charge in [0.25, 0.3) is 0 Å². The standard InChI is InChI=1S/C10H14ClNS.C10H13NS.C8H11N3S.C7H8ClN/c1-9-3-4-10(7-12-9)8-13-6-2-5-11;1-8-4-5-9(7-11-8)10-3-2-6-12-10;1-6-2-3-7(4-11-6)5-12-8(9)10;1-6-2-3-7(4-8)5-9-6/h3-4,7H,2,5-6,8H2,1H3;4-5,7,10H,2-3,6H2,1H3;2-4H,5H2,1H3,(H3,9,10);2-3,5H,4H2,1H3. The average Bonchev–Trinajstić information content (AvgIpc) is 3.61. The van der Waals surface area contributed by atoms with E-state index in [1.165, 1.54) is 41.5 Å². The minimum atomic E-state index is 0.149. The van der Waals surface area contributed by atoms with Crippen LogP contribution in [0.3, 0.4) is 0 Å². The fourth-order valence-corrected chi connectivity index (χ4v) is 6.89. The summed E-state index contributed by atoms with van der Waals surface area (Å²) < 4.78 is 0. The van der Waals surface area contributed by atoms with Gasteiger partial charge in [0.05, 0.1) is 0 Å². The van der Waals surface area contributed by atoms with Crippen molar-refractivity contribution in [3.63, 3.8) is 0 Å². The van der Waals surface area contributed by atoms with Crippen LogP contribution in [0.25, 0.3) is 0 Å². The zero-order valence-corrected chi connectivity index (χ0v) is 31.2. The highest BCUT2D eigenvalue weighted by atomic mass is 35.5. The van der Waals surface area contributed by atoms with Gasteiger partial charge in [0.2, 0.25) is 0 Å². The summed E-state index contributed by atoms with van der Waals surface area (Å²) in [5.41, 5.74) is 14.3. The minimum absolute atomic E-state index is 0.149. The quantitative estimate of drug-likeness (QED) is 0.0764. The predicted molar refractivity (Wildman–Crippen MR) is 205 cm³/mol. The number of hydrogen-bond donors (Lipinski definition) is 2. The highest BCUT2D eigenvalue weighted by Gasteiger charge is 2.17. The Kier molecular flexibility index (Phi) is 20.7. The number of aromatic nitrogens is 4. The molecule has 0 aromatic carbocycles. The normalized spacial score (nSPS) is 13.3. The van der Waals surface area contributed by atoms with E-state index >= 15 is 0 Å². The maximum atomic E-state index is 7.01. The van der Waals surface area contributed by atoms with E-state index in [9.17, 15) is 0 Å². The van der Waals surface area contributed by atoms with E-state index in [-0.39, 0.29) is 5.17 Å². The number of nitrogens with zero attached hydrogens (tertiary/aromatic N) is 4. The van der Waals surface area contributed by atoms with Gasteiger partial charge >= 0.3 is 0 Å². The van der Waals surface area contributed by atoms with E-state index in [1.54, 1.807) is 6.20 Å². The Morgan fingerprint density at radius 1 is 0.783 bits per heavy atom. The molecule has 0 saturated carbocycles. The van der Waals surface area contributed by atoms with Crippen molar-refractivity contribution in [3.05, 3.63) is 118 Å². The molecular formula is C35H46Cl2N6S3. The topological polar surface area (TPSA) is 101 Å². The van der Waals surface area contributed by atoms with Crippen molar-refractivity contribution >= 4 is 63.7 Å². The Bertz CT molecular complexity index is 1370. The number of nitrogens with two attached hydrogens (primary N) is 1. The van der Waals surface area contributed by atoms with Crippen molar-refractivity contribution < 1.29 is 0 Å². The summed E-state index contributed by atoms with van der Waals surface area (Å²) in [6.45, 7) is 7.94. The Hall–Kier alpha value is -2.30. The third-order valence-electron chi connectivity index (χ3n) is 6.39. The average molecular weight is 718 g/mol. The second-order valence-corrected chi connectivity index (χ2v) is 14.6. The summed E-state index contributed by atoms with van der Waals surface area (Å²) in [6.07, 6.45) is 11.4. The molecule has 4 aromatic heterocycles. The fraction of sp³-hybridized carbons (Fsp3) is 0.400. The lowest BCUT2D eigenvalue weighted by Gasteiger charge is -2.07. The van der Waals surface area contributed by atoms with Gasteiger partial charge in [0.1, 0.15) is 0 Å². The number of rotatable bonds is 9. The summed E-state index contributed by atoms with van der Waals surface area (Å²) in [5, 5.41) is 7.88. The van der Waals surface area contributed by atoms with Crippen molar-refractivity contribution in [2.75, 3.05) is 17.4 Å². The van der Waals surface area contributed by atoms with Gasteiger partial charge in [-0.2, -0.15) is 23.5 Å². The van der Waals surface area contributed by atoms with E-state index in [1.807, 2.05) is 82.3 Å². The van der Waals surface area contributed by atoms with Gasteiger partial charge in [-0.3, -0.25) is 25.3 Å². The summed E-state index contributed by atoms with van der Waals surface area (Å²) in [5.74, 6) is 5.54. The molecule has 0 spiro atoms. The van der Waals surface area contributed by atoms with Gasteiger partial charge in [-0.25, -0.2) is 0 Å². The highest BCUT2D eigenvalue weighted by Crippen LogP contribution is 2.39. The van der Waals surface area contributed by atoms with E-state index in [4.69, 9.17) is 34.3 Å². The number of alkyl halides is 2. The SMILES string of the molecule is Cc1ccc(C2CCCS2)cn1.Cc1ccc(CCl)cn1.Cc1ccc(CSC(=N)N)cn1.Cc1ccc(CSCCCCl)cn1. The van der Waals surface area contributed by atoms with Crippen LogP contribution in [0.2, 0.25) is 0 Å². The van der Waals surface area contributed by atoms with Crippen LogP contribution in [-0.4, -0.2) is 42.5 Å². The molecule has 0 aliphatic carbocycles. The zero-order chi connectivity index (χ0) is 33.6. The molecule has 5 heterocycles. The smallest absolute Gasteiger partial charge is 0.151 e. The van der Waals surface area contributed by atoms with E-state index in [2.05, 4.69) is 56.0 Å². The second kappa shape index (κ2) is 23.9. The molecule has 11 heteroatoms. The molecule has 0 radical (unpaired) electrons. The zero-order valence-electron chi connectivity index (χ0n) is 27.2. The van der Waals surface area contributed by atoms with Crippen LogP contribution in [0.5, 0.6) is 0 Å². The maximum Gasteiger partial charge on any atom is 0.151 e. The number of aryl methyl sites for hydroxylation is 4. The van der Waals surface area contributed by atoms with Crippen LogP contribution in [0.4, 0.5) is 0 Å². The van der Waals surface area contributed by atoms with Crippen LogP contribution in [0.15, 0.2) is 73.3 Å². The van der Waals surface area contributed by atoms with E-state index in [0.717, 1.165) is 68.7 Å². The van der Waals surface area contributed by atoms with Crippen LogP contribution in [0.1, 0.15) is 69.5 Å². The molecular weight excluding hydrogens is 672 g/mol. The Labute approximate surface area is 298 Å². The van der Waals surface area contributed by atoms with Gasteiger partial charge in [0, 0.05) is 76.1 Å². The van der Waals surface area contributed by atoms with E-state index in [0.29, 0.717) is 5.88 Å². The Balaban J connectivity index is 0.000000215. The number of pyridine rings is 4. The van der Waals surface area contributed by atoms with Gasteiger partial charge in [-0.05, 0) is 105 Å². The molecule has 0 amide bonds. The van der Waals surface area contributed by atoms with Crippen molar-refractivity contribution in [3.8, 4) is 0 Å². The molecule has 248 valence electrons. The van der Waals surface area contributed by atoms with Gasteiger partial charge in [-0.15, -0.1) is 23.2 Å². The largest absolute Gasteiger partial charge is 0.379 e. The molecule has 1 atom stereocenters. The molecule has 1 aliphatic rings. The van der Waals surface area contributed by atoms with E-state index < -0.39 is 0 Å². The van der Waals surface area contributed by atoms with Gasteiger partial charge < -0.3 is 5.73 Å². The van der Waals surface area contributed by atoms with Crippen molar-refractivity contribution in [1.82, 2.24) is 19.9 Å².